The second-order valence-electron chi connectivity index (χ2n) is 8.98. The van der Waals surface area contributed by atoms with Crippen LogP contribution in [-0.2, 0) is 23.8 Å². The van der Waals surface area contributed by atoms with Gasteiger partial charge in [-0.1, -0.05) is 25.5 Å². The molecule has 5 atom stereocenters. The summed E-state index contributed by atoms with van der Waals surface area (Å²) in [4.78, 5) is 24.6. The molecule has 5 nitrogen and oxygen atoms in total. The number of rotatable bonds is 4. The molecule has 0 bridgehead atoms. The predicted molar refractivity (Wildman–Crippen MR) is 102 cm³/mol. The Bertz CT molecular complexity index is 695. The Hall–Kier alpha value is -1.62. The number of fused-ring (bicyclic) bond motifs is 1. The summed E-state index contributed by atoms with van der Waals surface area (Å²) in [5, 5.41) is 0. The van der Waals surface area contributed by atoms with Crippen molar-refractivity contribution in [3.8, 4) is 0 Å². The third kappa shape index (κ3) is 2.95. The average Bonchev–Trinajstić information content (AvgIpc) is 2.91. The molecule has 0 aromatic heterocycles. The second kappa shape index (κ2) is 6.77. The lowest BCUT2D eigenvalue weighted by atomic mass is 9.46. The van der Waals surface area contributed by atoms with Gasteiger partial charge in [-0.2, -0.15) is 0 Å². The maximum atomic E-state index is 12.7. The summed E-state index contributed by atoms with van der Waals surface area (Å²) in [7, 11) is 3.06. The van der Waals surface area contributed by atoms with Gasteiger partial charge in [-0.3, -0.25) is 4.79 Å². The van der Waals surface area contributed by atoms with Crippen molar-refractivity contribution in [3.05, 3.63) is 23.8 Å². The molecule has 3 aliphatic rings. The van der Waals surface area contributed by atoms with Crippen LogP contribution in [0.15, 0.2) is 23.8 Å². The van der Waals surface area contributed by atoms with Gasteiger partial charge in [-0.15, -0.1) is 0 Å². The van der Waals surface area contributed by atoms with Crippen LogP contribution in [0.3, 0.4) is 0 Å². The molecule has 0 radical (unpaired) electrons. The zero-order valence-corrected chi connectivity index (χ0v) is 17.2. The largest absolute Gasteiger partial charge is 0.469 e. The molecule has 0 saturated heterocycles. The first-order valence-electron chi connectivity index (χ1n) is 9.86. The molecule has 27 heavy (non-hydrogen) atoms. The highest BCUT2D eigenvalue weighted by atomic mass is 16.7. The fourth-order valence-electron chi connectivity index (χ4n) is 6.12. The lowest BCUT2D eigenvalue weighted by molar-refractivity contribution is -0.206. The van der Waals surface area contributed by atoms with Crippen LogP contribution in [-0.4, -0.2) is 31.9 Å². The number of hydrogen-bond donors (Lipinski definition) is 0. The molecule has 3 rings (SSSR count). The Morgan fingerprint density at radius 3 is 2.59 bits per heavy atom. The average molecular weight is 376 g/mol. The molecule has 1 aliphatic heterocycles. The van der Waals surface area contributed by atoms with Gasteiger partial charge in [0.05, 0.1) is 12.5 Å². The first-order chi connectivity index (χ1) is 12.6. The van der Waals surface area contributed by atoms with Crippen molar-refractivity contribution in [1.82, 2.24) is 0 Å². The van der Waals surface area contributed by atoms with E-state index in [-0.39, 0.29) is 29.2 Å². The van der Waals surface area contributed by atoms with Crippen molar-refractivity contribution in [3.63, 3.8) is 0 Å². The molecule has 2 fully saturated rings. The van der Waals surface area contributed by atoms with Crippen molar-refractivity contribution in [1.29, 1.82) is 0 Å². The number of allylic oxidation sites excluding steroid dienone is 1. The molecule has 2 aliphatic carbocycles. The number of carbonyl (C=O) groups excluding carboxylic acids is 2. The standard InChI is InChI=1S/C22H32O5/c1-14-8-9-17-20(3,10-7-11-21(17,4)19(24)25-5)16(14)13-22(26-6)15(2)12-18(23)27-22/h12,16-17H,1,7-11,13H2,2-6H3/t16-,17?,20+,21-,22?/m0/s1. The predicted octanol–water partition coefficient (Wildman–Crippen LogP) is 4.17. The van der Waals surface area contributed by atoms with E-state index >= 15 is 0 Å². The number of esters is 2. The number of cyclic esters (lactones) is 1. The van der Waals surface area contributed by atoms with Gasteiger partial charge >= 0.3 is 11.9 Å². The van der Waals surface area contributed by atoms with Gasteiger partial charge in [-0.05, 0) is 56.8 Å². The second-order valence-corrected chi connectivity index (χ2v) is 8.98. The van der Waals surface area contributed by atoms with E-state index < -0.39 is 11.2 Å². The van der Waals surface area contributed by atoms with Crippen LogP contribution in [0, 0.1) is 22.7 Å². The van der Waals surface area contributed by atoms with Gasteiger partial charge in [0.15, 0.2) is 0 Å². The van der Waals surface area contributed by atoms with Gasteiger partial charge in [0, 0.05) is 25.2 Å². The zero-order valence-electron chi connectivity index (χ0n) is 17.2. The third-order valence-electron chi connectivity index (χ3n) is 7.67. The van der Waals surface area contributed by atoms with E-state index in [0.29, 0.717) is 6.42 Å². The van der Waals surface area contributed by atoms with E-state index in [2.05, 4.69) is 20.4 Å². The Morgan fingerprint density at radius 1 is 1.33 bits per heavy atom. The Kier molecular flexibility index (Phi) is 5.04. The van der Waals surface area contributed by atoms with Crippen LogP contribution in [0.5, 0.6) is 0 Å². The summed E-state index contributed by atoms with van der Waals surface area (Å²) in [5.74, 6) is -1.20. The summed E-state index contributed by atoms with van der Waals surface area (Å²) in [6.07, 6.45) is 6.69. The van der Waals surface area contributed by atoms with Crippen LogP contribution in [0.2, 0.25) is 0 Å². The highest BCUT2D eigenvalue weighted by Gasteiger charge is 2.59. The Labute approximate surface area is 162 Å². The normalized spacial score (nSPS) is 41.6. The maximum Gasteiger partial charge on any atom is 0.333 e. The summed E-state index contributed by atoms with van der Waals surface area (Å²) in [6.45, 7) is 10.6. The minimum atomic E-state index is -1.03. The molecule has 0 aromatic carbocycles. The quantitative estimate of drug-likeness (QED) is 0.544. The molecule has 0 aromatic rings. The monoisotopic (exact) mass is 376 g/mol. The van der Waals surface area contributed by atoms with E-state index in [1.165, 1.54) is 13.2 Å². The minimum Gasteiger partial charge on any atom is -0.469 e. The fourth-order valence-corrected chi connectivity index (χ4v) is 6.12. The number of carbonyl (C=O) groups is 2. The van der Waals surface area contributed by atoms with E-state index in [0.717, 1.165) is 43.3 Å². The number of methoxy groups -OCH3 is 2. The van der Waals surface area contributed by atoms with E-state index in [9.17, 15) is 9.59 Å². The zero-order chi connectivity index (χ0) is 20.0. The summed E-state index contributed by atoms with van der Waals surface area (Å²) in [5.41, 5.74) is 1.35. The third-order valence-corrected chi connectivity index (χ3v) is 7.67. The van der Waals surface area contributed by atoms with Gasteiger partial charge in [0.25, 0.3) is 0 Å². The Morgan fingerprint density at radius 2 is 2.04 bits per heavy atom. The lowest BCUT2D eigenvalue weighted by Gasteiger charge is -2.58. The first-order valence-corrected chi connectivity index (χ1v) is 9.86. The van der Waals surface area contributed by atoms with Gasteiger partial charge in [-0.25, -0.2) is 4.79 Å². The van der Waals surface area contributed by atoms with Crippen LogP contribution < -0.4 is 0 Å². The highest BCUT2D eigenvalue weighted by Crippen LogP contribution is 2.63. The molecule has 2 unspecified atom stereocenters. The van der Waals surface area contributed by atoms with Crippen molar-refractivity contribution >= 4 is 11.9 Å². The van der Waals surface area contributed by atoms with E-state index in [1.54, 1.807) is 7.11 Å². The molecule has 0 N–H and O–H groups in total. The van der Waals surface area contributed by atoms with Crippen LogP contribution in [0.1, 0.15) is 59.3 Å². The summed E-state index contributed by atoms with van der Waals surface area (Å²) < 4.78 is 16.5. The van der Waals surface area contributed by atoms with E-state index in [4.69, 9.17) is 14.2 Å². The van der Waals surface area contributed by atoms with Crippen LogP contribution in [0.25, 0.3) is 0 Å². The van der Waals surface area contributed by atoms with Crippen LogP contribution >= 0.6 is 0 Å². The fraction of sp³-hybridized carbons (Fsp3) is 0.727. The summed E-state index contributed by atoms with van der Waals surface area (Å²) in [6, 6.07) is 0. The minimum absolute atomic E-state index is 0.106. The van der Waals surface area contributed by atoms with Crippen molar-refractivity contribution in [2.45, 2.75) is 65.1 Å². The van der Waals surface area contributed by atoms with Gasteiger partial charge < -0.3 is 14.2 Å². The SMILES string of the molecule is C=C1CCC2[C@](C)(CCC[C@]2(C)C(=O)OC)[C@H]1CC1(OC)OC(=O)C=C1C. The highest BCUT2D eigenvalue weighted by molar-refractivity contribution is 5.86. The molecule has 2 saturated carbocycles. The lowest BCUT2D eigenvalue weighted by Crippen LogP contribution is -2.55. The maximum absolute atomic E-state index is 12.7. The van der Waals surface area contributed by atoms with Crippen molar-refractivity contribution in [2.24, 2.45) is 22.7 Å². The molecule has 150 valence electrons. The Balaban J connectivity index is 1.98. The molecular weight excluding hydrogens is 344 g/mol. The molecule has 1 heterocycles. The first kappa shape index (κ1) is 20.1. The number of ether oxygens (including phenoxy) is 3. The van der Waals surface area contributed by atoms with Gasteiger partial charge in [0.1, 0.15) is 0 Å². The van der Waals surface area contributed by atoms with Crippen LogP contribution in [0.4, 0.5) is 0 Å². The molecular formula is C22H32O5. The van der Waals surface area contributed by atoms with Crippen molar-refractivity contribution < 1.29 is 23.8 Å². The summed E-state index contributed by atoms with van der Waals surface area (Å²) >= 11 is 0. The van der Waals surface area contributed by atoms with Gasteiger partial charge in [0.2, 0.25) is 5.79 Å². The van der Waals surface area contributed by atoms with E-state index in [1.807, 2.05) is 6.92 Å². The van der Waals surface area contributed by atoms with Crippen molar-refractivity contribution in [2.75, 3.05) is 14.2 Å². The molecule has 5 heteroatoms. The molecule has 0 spiro atoms. The smallest absolute Gasteiger partial charge is 0.333 e. The topological polar surface area (TPSA) is 61.8 Å². The number of hydrogen-bond acceptors (Lipinski definition) is 5. The molecule has 0 amide bonds.